The van der Waals surface area contributed by atoms with Crippen molar-refractivity contribution < 1.29 is 9.59 Å². The number of carbonyl (C=O) groups is 2. The summed E-state index contributed by atoms with van der Waals surface area (Å²) in [6.45, 7) is 0.0228. The smallest absolute Gasteiger partial charge is 0.243 e. The maximum Gasteiger partial charge on any atom is 0.243 e. The molecule has 2 aromatic carbocycles. The zero-order chi connectivity index (χ0) is 16.1. The van der Waals surface area contributed by atoms with Crippen LogP contribution in [0.5, 0.6) is 0 Å². The number of benzene rings is 2. The molecule has 23 heavy (non-hydrogen) atoms. The second kappa shape index (κ2) is 7.09. The summed E-state index contributed by atoms with van der Waals surface area (Å²) in [5.41, 5.74) is 3.04. The molecule has 2 aromatic rings. The zero-order valence-electron chi connectivity index (χ0n) is 12.9. The molecule has 1 aliphatic carbocycles. The molecule has 0 saturated heterocycles. The number of para-hydroxylation sites is 1. The molecule has 1 saturated carbocycles. The van der Waals surface area contributed by atoms with Crippen LogP contribution in [0.15, 0.2) is 54.6 Å². The van der Waals surface area contributed by atoms with Crippen LogP contribution in [0, 0.1) is 5.92 Å². The molecule has 1 aliphatic rings. The molecule has 4 nitrogen and oxygen atoms in total. The lowest BCUT2D eigenvalue weighted by Crippen LogP contribution is -2.33. The number of anilines is 1. The van der Waals surface area contributed by atoms with E-state index in [1.165, 1.54) is 5.56 Å². The average Bonchev–Trinajstić information content (AvgIpc) is 3.40. The topological polar surface area (TPSA) is 58.2 Å². The number of amides is 2. The summed E-state index contributed by atoms with van der Waals surface area (Å²) in [6.07, 6.45) is 2.63. The van der Waals surface area contributed by atoms with E-state index in [0.29, 0.717) is 0 Å². The van der Waals surface area contributed by atoms with Gasteiger partial charge in [-0.1, -0.05) is 48.5 Å². The van der Waals surface area contributed by atoms with Crippen LogP contribution in [0.3, 0.4) is 0 Å². The molecular formula is C19H20N2O2. The Hall–Kier alpha value is -2.62. The minimum absolute atomic E-state index is 0.0160. The Morgan fingerprint density at radius 1 is 0.957 bits per heavy atom. The van der Waals surface area contributed by atoms with Crippen molar-refractivity contribution in [2.45, 2.75) is 19.3 Å². The first-order valence-corrected chi connectivity index (χ1v) is 7.92. The lowest BCUT2D eigenvalue weighted by molar-refractivity contribution is -0.125. The summed E-state index contributed by atoms with van der Waals surface area (Å²) >= 11 is 0. The summed E-state index contributed by atoms with van der Waals surface area (Å²) in [6, 6.07) is 17.9. The lowest BCUT2D eigenvalue weighted by atomic mass is 10.0. The maximum absolute atomic E-state index is 12.0. The highest BCUT2D eigenvalue weighted by atomic mass is 16.2. The van der Waals surface area contributed by atoms with Crippen molar-refractivity contribution >= 4 is 17.5 Å². The molecule has 0 atom stereocenters. The van der Waals surface area contributed by atoms with E-state index in [-0.39, 0.29) is 24.3 Å². The molecule has 118 valence electrons. The average molecular weight is 308 g/mol. The Bertz CT molecular complexity index is 694. The lowest BCUT2D eigenvalue weighted by Gasteiger charge is -2.11. The minimum Gasteiger partial charge on any atom is -0.347 e. The van der Waals surface area contributed by atoms with E-state index in [4.69, 9.17) is 0 Å². The van der Waals surface area contributed by atoms with Crippen molar-refractivity contribution in [3.63, 3.8) is 0 Å². The van der Waals surface area contributed by atoms with Gasteiger partial charge in [-0.25, -0.2) is 0 Å². The van der Waals surface area contributed by atoms with Crippen LogP contribution in [-0.2, 0) is 16.0 Å². The van der Waals surface area contributed by atoms with Gasteiger partial charge in [-0.2, -0.15) is 0 Å². The van der Waals surface area contributed by atoms with Crippen LogP contribution in [0.1, 0.15) is 24.0 Å². The standard InChI is InChI=1S/C19H20N2O2/c22-18(13-20-19(23)15-10-11-15)21-17-9-5-4-8-16(17)12-14-6-2-1-3-7-14/h1-9,15H,10-13H2,(H,20,23)(H,21,22). The summed E-state index contributed by atoms with van der Waals surface area (Å²) < 4.78 is 0. The number of hydrogen-bond donors (Lipinski definition) is 2. The summed E-state index contributed by atoms with van der Waals surface area (Å²) in [7, 11) is 0. The number of nitrogens with one attached hydrogen (secondary N) is 2. The van der Waals surface area contributed by atoms with Gasteiger partial charge in [0, 0.05) is 11.6 Å². The van der Waals surface area contributed by atoms with E-state index >= 15 is 0 Å². The van der Waals surface area contributed by atoms with Crippen LogP contribution in [0.2, 0.25) is 0 Å². The molecule has 2 N–H and O–H groups in total. The van der Waals surface area contributed by atoms with Gasteiger partial charge in [0.05, 0.1) is 6.54 Å². The highest BCUT2D eigenvalue weighted by Gasteiger charge is 2.29. The van der Waals surface area contributed by atoms with Gasteiger partial charge in [0.1, 0.15) is 0 Å². The van der Waals surface area contributed by atoms with Crippen LogP contribution >= 0.6 is 0 Å². The molecule has 3 rings (SSSR count). The Morgan fingerprint density at radius 2 is 1.65 bits per heavy atom. The van der Waals surface area contributed by atoms with Gasteiger partial charge >= 0.3 is 0 Å². The molecule has 1 fully saturated rings. The number of rotatable bonds is 6. The SMILES string of the molecule is O=C(CNC(=O)C1CC1)Nc1ccccc1Cc1ccccc1. The van der Waals surface area contributed by atoms with Crippen LogP contribution < -0.4 is 10.6 Å². The predicted octanol–water partition coefficient (Wildman–Crippen LogP) is 2.74. The second-order valence-electron chi connectivity index (χ2n) is 5.86. The highest BCUT2D eigenvalue weighted by molar-refractivity contribution is 5.95. The molecule has 4 heteroatoms. The molecule has 0 aromatic heterocycles. The second-order valence-corrected chi connectivity index (χ2v) is 5.86. The van der Waals surface area contributed by atoms with E-state index in [1.807, 2.05) is 42.5 Å². The molecule has 0 aliphatic heterocycles. The van der Waals surface area contributed by atoms with Crippen LogP contribution in [0.4, 0.5) is 5.69 Å². The van der Waals surface area contributed by atoms with Gasteiger partial charge in [-0.05, 0) is 36.5 Å². The van der Waals surface area contributed by atoms with Crippen molar-refractivity contribution in [3.05, 3.63) is 65.7 Å². The summed E-state index contributed by atoms with van der Waals surface area (Å²) in [5.74, 6) is -0.0922. The minimum atomic E-state index is -0.195. The molecular weight excluding hydrogens is 288 g/mol. The van der Waals surface area contributed by atoms with Crippen molar-refractivity contribution in [2.24, 2.45) is 5.92 Å². The largest absolute Gasteiger partial charge is 0.347 e. The van der Waals surface area contributed by atoms with E-state index in [9.17, 15) is 9.59 Å². The van der Waals surface area contributed by atoms with Gasteiger partial charge in [0.15, 0.2) is 0 Å². The van der Waals surface area contributed by atoms with Crippen molar-refractivity contribution in [3.8, 4) is 0 Å². The first-order valence-electron chi connectivity index (χ1n) is 7.92. The first kappa shape index (κ1) is 15.3. The Labute approximate surface area is 135 Å². The monoisotopic (exact) mass is 308 g/mol. The van der Waals surface area contributed by atoms with Gasteiger partial charge in [-0.3, -0.25) is 9.59 Å². The fourth-order valence-electron chi connectivity index (χ4n) is 2.46. The summed E-state index contributed by atoms with van der Waals surface area (Å²) in [4.78, 5) is 23.6. The molecule has 2 amide bonds. The van der Waals surface area contributed by atoms with E-state index in [0.717, 1.165) is 30.5 Å². The fourth-order valence-corrected chi connectivity index (χ4v) is 2.46. The van der Waals surface area contributed by atoms with Crippen LogP contribution in [-0.4, -0.2) is 18.4 Å². The third-order valence-corrected chi connectivity index (χ3v) is 3.90. The Morgan fingerprint density at radius 3 is 2.39 bits per heavy atom. The van der Waals surface area contributed by atoms with Crippen molar-refractivity contribution in [1.29, 1.82) is 0 Å². The van der Waals surface area contributed by atoms with E-state index in [1.54, 1.807) is 0 Å². The van der Waals surface area contributed by atoms with Gasteiger partial charge in [0.2, 0.25) is 11.8 Å². The molecule has 0 spiro atoms. The fraction of sp³-hybridized carbons (Fsp3) is 0.263. The normalized spacial score (nSPS) is 13.4. The first-order chi connectivity index (χ1) is 11.2. The molecule has 0 bridgehead atoms. The van der Waals surface area contributed by atoms with E-state index < -0.39 is 0 Å². The Balaban J connectivity index is 1.60. The van der Waals surface area contributed by atoms with Gasteiger partial charge in [-0.15, -0.1) is 0 Å². The predicted molar refractivity (Wildman–Crippen MR) is 90.1 cm³/mol. The van der Waals surface area contributed by atoms with Gasteiger partial charge in [0.25, 0.3) is 0 Å². The van der Waals surface area contributed by atoms with Gasteiger partial charge < -0.3 is 10.6 Å². The van der Waals surface area contributed by atoms with E-state index in [2.05, 4.69) is 22.8 Å². The third-order valence-electron chi connectivity index (χ3n) is 3.90. The zero-order valence-corrected chi connectivity index (χ0v) is 12.9. The number of hydrogen-bond acceptors (Lipinski definition) is 2. The highest BCUT2D eigenvalue weighted by Crippen LogP contribution is 2.28. The maximum atomic E-state index is 12.0. The van der Waals surface area contributed by atoms with Crippen molar-refractivity contribution in [1.82, 2.24) is 5.32 Å². The summed E-state index contributed by atoms with van der Waals surface area (Å²) in [5, 5.41) is 5.57. The quantitative estimate of drug-likeness (QED) is 0.862. The molecule has 0 unspecified atom stereocenters. The van der Waals surface area contributed by atoms with Crippen molar-refractivity contribution in [2.75, 3.05) is 11.9 Å². The third kappa shape index (κ3) is 4.42. The Kier molecular flexibility index (Phi) is 4.71. The van der Waals surface area contributed by atoms with Crippen LogP contribution in [0.25, 0.3) is 0 Å². The molecule has 0 radical (unpaired) electrons. The number of carbonyl (C=O) groups excluding carboxylic acids is 2. The molecule has 0 heterocycles.